The van der Waals surface area contributed by atoms with Gasteiger partial charge in [-0.25, -0.2) is 4.57 Å². The molecule has 0 saturated carbocycles. The van der Waals surface area contributed by atoms with Gasteiger partial charge in [0.25, 0.3) is 0 Å². The molecule has 0 heterocycles. The van der Waals surface area contributed by atoms with E-state index in [1.54, 1.807) is 0 Å². The van der Waals surface area contributed by atoms with Gasteiger partial charge >= 0.3 is 19.8 Å². The van der Waals surface area contributed by atoms with Gasteiger partial charge < -0.3 is 20.1 Å². The van der Waals surface area contributed by atoms with E-state index in [4.69, 9.17) is 24.3 Å². The van der Waals surface area contributed by atoms with Crippen LogP contribution >= 0.6 is 7.82 Å². The van der Waals surface area contributed by atoms with E-state index in [-0.39, 0.29) is 38.6 Å². The van der Waals surface area contributed by atoms with Crippen molar-refractivity contribution in [2.75, 3.05) is 26.4 Å². The third kappa shape index (κ3) is 80.4. The van der Waals surface area contributed by atoms with Crippen molar-refractivity contribution in [2.24, 2.45) is 5.73 Å². The number of phosphoric ester groups is 1. The molecule has 2 unspecified atom stereocenters. The highest BCUT2D eigenvalue weighted by Crippen LogP contribution is 2.43. The first kappa shape index (κ1) is 93.5. The molecule has 9 nitrogen and oxygen atoms in total. The molecule has 2 atom stereocenters. The number of nitrogens with two attached hydrogens (primary N) is 1. The van der Waals surface area contributed by atoms with Crippen molar-refractivity contribution < 1.29 is 37.6 Å². The third-order valence-electron chi connectivity index (χ3n) is 18.9. The summed E-state index contributed by atoms with van der Waals surface area (Å²) in [5.74, 6) is -0.803. The Morgan fingerprint density at radius 3 is 0.854 bits per heavy atom. The summed E-state index contributed by atoms with van der Waals surface area (Å²) in [4.78, 5) is 35.5. The lowest BCUT2D eigenvalue weighted by Crippen LogP contribution is -2.29. The molecule has 0 aliphatic heterocycles. The smallest absolute Gasteiger partial charge is 0.462 e. The van der Waals surface area contributed by atoms with Crippen LogP contribution in [0.1, 0.15) is 431 Å². The standard InChI is InChI=1S/C86H160NO8P/c1-3-5-7-9-11-13-15-17-19-21-23-25-27-29-31-33-35-37-39-41-42-43-45-47-49-51-53-55-57-59-61-63-65-67-69-71-73-75-77-79-86(89)95-84(83-94-96(90,91)93-81-80-87)82-92-85(88)78-76-74-72-70-68-66-64-62-60-58-56-54-52-50-48-46-44-40-38-36-34-32-30-28-26-24-22-20-18-16-14-12-10-8-6-4-2/h5,7,11,13,17,19,23,25,29,31,35,37,84H,3-4,6,8-10,12,14-16,18,20-22,24,26-28,30,32-34,36,38-83,87H2,1-2H3,(H,90,91)/b7-5-,13-11-,19-17-,25-23-,31-29-,37-35-. The van der Waals surface area contributed by atoms with E-state index in [1.165, 1.54) is 327 Å². The van der Waals surface area contributed by atoms with Crippen LogP contribution in [0.25, 0.3) is 0 Å². The first-order valence-corrected chi connectivity index (χ1v) is 43.4. The monoisotopic (exact) mass is 1370 g/mol. The van der Waals surface area contributed by atoms with Gasteiger partial charge in [0.05, 0.1) is 13.2 Å². The molecule has 3 N–H and O–H groups in total. The molecule has 0 aliphatic rings. The molecular formula is C86H160NO8P. The number of unbranched alkanes of at least 4 members (excludes halogenated alkanes) is 55. The van der Waals surface area contributed by atoms with Crippen LogP contribution in [0, 0.1) is 0 Å². The molecule has 0 amide bonds. The quantitative estimate of drug-likeness (QED) is 0.0264. The molecule has 0 aliphatic carbocycles. The predicted octanol–water partition coefficient (Wildman–Crippen LogP) is 28.3. The summed E-state index contributed by atoms with van der Waals surface area (Å²) in [5, 5.41) is 0. The Morgan fingerprint density at radius 1 is 0.323 bits per heavy atom. The van der Waals surface area contributed by atoms with Crippen LogP contribution in [0.4, 0.5) is 0 Å². The van der Waals surface area contributed by atoms with Crippen molar-refractivity contribution in [3.05, 3.63) is 72.9 Å². The van der Waals surface area contributed by atoms with Crippen LogP contribution in [-0.2, 0) is 32.7 Å². The molecule has 0 bridgehead atoms. The Balaban J connectivity index is 3.74. The molecule has 0 radical (unpaired) electrons. The van der Waals surface area contributed by atoms with Crippen LogP contribution in [-0.4, -0.2) is 49.3 Å². The predicted molar refractivity (Wildman–Crippen MR) is 418 cm³/mol. The largest absolute Gasteiger partial charge is 0.472 e. The fraction of sp³-hybridized carbons (Fsp3) is 0.837. The zero-order chi connectivity index (χ0) is 69.3. The number of hydrogen-bond acceptors (Lipinski definition) is 8. The zero-order valence-corrected chi connectivity index (χ0v) is 64.5. The Bertz CT molecular complexity index is 1810. The normalized spacial score (nSPS) is 13.2. The molecule has 562 valence electrons. The van der Waals surface area contributed by atoms with Gasteiger partial charge in [0.15, 0.2) is 6.10 Å². The Morgan fingerprint density at radius 2 is 0.573 bits per heavy atom. The van der Waals surface area contributed by atoms with E-state index in [9.17, 15) is 19.0 Å². The summed E-state index contributed by atoms with van der Waals surface area (Å²) in [5.41, 5.74) is 5.42. The molecule has 0 aromatic heterocycles. The highest BCUT2D eigenvalue weighted by atomic mass is 31.2. The second kappa shape index (κ2) is 81.4. The average molecular weight is 1370 g/mol. The maximum atomic E-state index is 12.8. The van der Waals surface area contributed by atoms with Gasteiger partial charge in [0, 0.05) is 19.4 Å². The topological polar surface area (TPSA) is 134 Å². The Labute approximate surface area is 596 Å². The number of allylic oxidation sites excluding steroid dienone is 12. The molecule has 10 heteroatoms. The van der Waals surface area contributed by atoms with Gasteiger partial charge in [-0.15, -0.1) is 0 Å². The number of rotatable bonds is 80. The molecular weight excluding hydrogens is 1210 g/mol. The van der Waals surface area contributed by atoms with Gasteiger partial charge in [-0.1, -0.05) is 427 Å². The van der Waals surface area contributed by atoms with E-state index < -0.39 is 26.5 Å². The Hall–Kier alpha value is -2.55. The third-order valence-corrected chi connectivity index (χ3v) is 19.8. The molecule has 0 fully saturated rings. The first-order valence-electron chi connectivity index (χ1n) is 41.9. The van der Waals surface area contributed by atoms with Crippen molar-refractivity contribution in [3.63, 3.8) is 0 Å². The zero-order valence-electron chi connectivity index (χ0n) is 63.6. The molecule has 0 rings (SSSR count). The van der Waals surface area contributed by atoms with Crippen molar-refractivity contribution in [2.45, 2.75) is 437 Å². The molecule has 0 saturated heterocycles. The fourth-order valence-corrected chi connectivity index (χ4v) is 13.5. The van der Waals surface area contributed by atoms with Gasteiger partial charge in [0.1, 0.15) is 6.61 Å². The van der Waals surface area contributed by atoms with Crippen LogP contribution in [0.5, 0.6) is 0 Å². The minimum Gasteiger partial charge on any atom is -0.462 e. The highest BCUT2D eigenvalue weighted by molar-refractivity contribution is 7.47. The maximum absolute atomic E-state index is 12.8. The lowest BCUT2D eigenvalue weighted by Gasteiger charge is -2.19. The van der Waals surface area contributed by atoms with Crippen LogP contribution in [0.2, 0.25) is 0 Å². The second-order valence-corrected chi connectivity index (χ2v) is 29.8. The van der Waals surface area contributed by atoms with Gasteiger partial charge in [-0.05, 0) is 64.2 Å². The van der Waals surface area contributed by atoms with Crippen molar-refractivity contribution in [3.8, 4) is 0 Å². The second-order valence-electron chi connectivity index (χ2n) is 28.3. The minimum absolute atomic E-state index is 0.0551. The van der Waals surface area contributed by atoms with Crippen LogP contribution in [0.15, 0.2) is 72.9 Å². The summed E-state index contributed by atoms with van der Waals surface area (Å²) in [6.07, 6.45) is 109. The van der Waals surface area contributed by atoms with Gasteiger partial charge in [-0.3, -0.25) is 18.6 Å². The number of phosphoric acid groups is 1. The number of esters is 2. The Kier molecular flexibility index (Phi) is 79.3. The lowest BCUT2D eigenvalue weighted by atomic mass is 10.0. The van der Waals surface area contributed by atoms with Crippen molar-refractivity contribution >= 4 is 19.8 Å². The number of carbonyl (C=O) groups excluding carboxylic acids is 2. The van der Waals surface area contributed by atoms with E-state index in [0.717, 1.165) is 70.6 Å². The van der Waals surface area contributed by atoms with Gasteiger partial charge in [0.2, 0.25) is 0 Å². The lowest BCUT2D eigenvalue weighted by molar-refractivity contribution is -0.161. The average Bonchev–Trinajstić information content (AvgIpc) is 3.21. The summed E-state index contributed by atoms with van der Waals surface area (Å²) < 4.78 is 33.3. The molecule has 0 spiro atoms. The number of carbonyl (C=O) groups is 2. The number of hydrogen-bond donors (Lipinski definition) is 2. The van der Waals surface area contributed by atoms with Crippen LogP contribution in [0.3, 0.4) is 0 Å². The minimum atomic E-state index is -4.40. The van der Waals surface area contributed by atoms with E-state index in [2.05, 4.69) is 86.8 Å². The maximum Gasteiger partial charge on any atom is 0.472 e. The highest BCUT2D eigenvalue weighted by Gasteiger charge is 2.26. The molecule has 0 aromatic carbocycles. The van der Waals surface area contributed by atoms with E-state index in [0.29, 0.717) is 6.42 Å². The van der Waals surface area contributed by atoms with Crippen LogP contribution < -0.4 is 5.73 Å². The SMILES string of the molecule is CC/C=C\C/C=C\C/C=C\C/C=C\C/C=C\C/C=C\CCCCCCCCCCCCCCCCCCCCCCC(=O)OC(COC(=O)CCCCCCCCCCCCCCCCCCCCCCCCCCCCCCCCCCCCCC)COP(=O)(O)OCCN. The van der Waals surface area contributed by atoms with E-state index >= 15 is 0 Å². The van der Waals surface area contributed by atoms with E-state index in [1.807, 2.05) is 0 Å². The van der Waals surface area contributed by atoms with Crippen molar-refractivity contribution in [1.29, 1.82) is 0 Å². The summed E-state index contributed by atoms with van der Waals surface area (Å²) in [6, 6.07) is 0. The van der Waals surface area contributed by atoms with Crippen molar-refractivity contribution in [1.82, 2.24) is 0 Å². The summed E-state index contributed by atoms with van der Waals surface area (Å²) in [6.45, 7) is 3.71. The molecule has 96 heavy (non-hydrogen) atoms. The summed E-state index contributed by atoms with van der Waals surface area (Å²) in [7, 11) is -4.40. The summed E-state index contributed by atoms with van der Waals surface area (Å²) >= 11 is 0. The fourth-order valence-electron chi connectivity index (χ4n) is 12.7. The molecule has 0 aromatic rings. The first-order chi connectivity index (χ1) is 47.3. The number of ether oxygens (including phenoxy) is 2. The van der Waals surface area contributed by atoms with Gasteiger partial charge in [-0.2, -0.15) is 0 Å².